The van der Waals surface area contributed by atoms with Crippen molar-refractivity contribution in [3.05, 3.63) is 0 Å². The minimum atomic E-state index is -0.666. The SMILES string of the molecule is CCS(=O)CCNCC1(CC#N)CC1. The zero-order valence-electron chi connectivity index (χ0n) is 8.71. The Morgan fingerprint density at radius 3 is 2.79 bits per heavy atom. The molecule has 4 heteroatoms. The maximum atomic E-state index is 11.1. The molecule has 1 saturated carbocycles. The Morgan fingerprint density at radius 1 is 1.57 bits per heavy atom. The summed E-state index contributed by atoms with van der Waals surface area (Å²) < 4.78 is 11.1. The Bertz CT molecular complexity index is 243. The van der Waals surface area contributed by atoms with Gasteiger partial charge in [-0.05, 0) is 18.3 Å². The molecule has 3 nitrogen and oxygen atoms in total. The van der Waals surface area contributed by atoms with Crippen LogP contribution in [0.2, 0.25) is 0 Å². The van der Waals surface area contributed by atoms with Gasteiger partial charge >= 0.3 is 0 Å². The summed E-state index contributed by atoms with van der Waals surface area (Å²) in [5.74, 6) is 1.48. The molecule has 1 rings (SSSR count). The molecule has 0 spiro atoms. The second-order valence-electron chi connectivity index (χ2n) is 3.94. The molecule has 0 saturated heterocycles. The van der Waals surface area contributed by atoms with E-state index in [1.54, 1.807) is 0 Å². The average molecular weight is 214 g/mol. The van der Waals surface area contributed by atoms with Crippen LogP contribution in [0.15, 0.2) is 0 Å². The lowest BCUT2D eigenvalue weighted by atomic mass is 10.0. The van der Waals surface area contributed by atoms with E-state index in [1.807, 2.05) is 6.92 Å². The highest BCUT2D eigenvalue weighted by molar-refractivity contribution is 7.84. The summed E-state index contributed by atoms with van der Waals surface area (Å²) in [5.41, 5.74) is 0.266. The van der Waals surface area contributed by atoms with Crippen molar-refractivity contribution in [3.63, 3.8) is 0 Å². The van der Waals surface area contributed by atoms with Gasteiger partial charge in [-0.3, -0.25) is 4.21 Å². The van der Waals surface area contributed by atoms with Crippen LogP contribution in [0.3, 0.4) is 0 Å². The third kappa shape index (κ3) is 3.77. The molecule has 0 aliphatic heterocycles. The van der Waals surface area contributed by atoms with Crippen molar-refractivity contribution >= 4 is 10.8 Å². The lowest BCUT2D eigenvalue weighted by Gasteiger charge is -2.11. The number of hydrogen-bond acceptors (Lipinski definition) is 3. The molecule has 1 atom stereocenters. The minimum absolute atomic E-state index is 0.266. The summed E-state index contributed by atoms with van der Waals surface area (Å²) in [4.78, 5) is 0. The highest BCUT2D eigenvalue weighted by Crippen LogP contribution is 2.47. The highest BCUT2D eigenvalue weighted by Gasteiger charge is 2.41. The maximum absolute atomic E-state index is 11.1. The van der Waals surface area contributed by atoms with E-state index >= 15 is 0 Å². The Morgan fingerprint density at radius 2 is 2.29 bits per heavy atom. The van der Waals surface area contributed by atoms with E-state index in [9.17, 15) is 4.21 Å². The summed E-state index contributed by atoms with van der Waals surface area (Å²) in [6.45, 7) is 3.67. The molecule has 0 aromatic carbocycles. The van der Waals surface area contributed by atoms with Crippen molar-refractivity contribution in [2.45, 2.75) is 26.2 Å². The second kappa shape index (κ2) is 5.47. The molecule has 1 N–H and O–H groups in total. The molecule has 80 valence electrons. The van der Waals surface area contributed by atoms with Gasteiger partial charge in [0.25, 0.3) is 0 Å². The van der Waals surface area contributed by atoms with Gasteiger partial charge in [0, 0.05) is 41.8 Å². The lowest BCUT2D eigenvalue weighted by molar-refractivity contribution is 0.476. The molecule has 0 bridgehead atoms. The summed E-state index contributed by atoms with van der Waals surface area (Å²) >= 11 is 0. The lowest BCUT2D eigenvalue weighted by Crippen LogP contribution is -2.27. The maximum Gasteiger partial charge on any atom is 0.0628 e. The van der Waals surface area contributed by atoms with Gasteiger partial charge in [-0.15, -0.1) is 0 Å². The van der Waals surface area contributed by atoms with Crippen LogP contribution in [-0.4, -0.2) is 28.8 Å². The predicted octanol–water partition coefficient (Wildman–Crippen LogP) is 1.04. The fraction of sp³-hybridized carbons (Fsp3) is 0.900. The summed E-state index contributed by atoms with van der Waals surface area (Å²) in [5, 5.41) is 11.9. The van der Waals surface area contributed by atoms with Crippen LogP contribution in [0.4, 0.5) is 0 Å². The van der Waals surface area contributed by atoms with Crippen LogP contribution < -0.4 is 5.32 Å². The molecule has 0 amide bonds. The van der Waals surface area contributed by atoms with Gasteiger partial charge in [-0.1, -0.05) is 6.92 Å². The summed E-state index contributed by atoms with van der Waals surface area (Å²) in [6.07, 6.45) is 3.01. The van der Waals surface area contributed by atoms with Crippen LogP contribution in [0, 0.1) is 16.7 Å². The van der Waals surface area contributed by atoms with Gasteiger partial charge in [0.05, 0.1) is 6.07 Å². The topological polar surface area (TPSA) is 52.9 Å². The zero-order valence-corrected chi connectivity index (χ0v) is 9.53. The monoisotopic (exact) mass is 214 g/mol. The van der Waals surface area contributed by atoms with E-state index in [0.717, 1.165) is 24.6 Å². The van der Waals surface area contributed by atoms with E-state index in [1.165, 1.54) is 12.8 Å². The fourth-order valence-corrected chi connectivity index (χ4v) is 2.11. The molecular formula is C10H18N2OS. The third-order valence-electron chi connectivity index (χ3n) is 2.74. The smallest absolute Gasteiger partial charge is 0.0628 e. The molecule has 0 radical (unpaired) electrons. The number of rotatable bonds is 7. The fourth-order valence-electron chi connectivity index (χ4n) is 1.44. The second-order valence-corrected chi connectivity index (χ2v) is 5.81. The normalized spacial score (nSPS) is 20.0. The van der Waals surface area contributed by atoms with Gasteiger partial charge in [0.1, 0.15) is 0 Å². The molecule has 0 aromatic rings. The Balaban J connectivity index is 2.05. The Hall–Kier alpha value is -0.400. The molecule has 0 heterocycles. The Kier molecular flexibility index (Phi) is 4.56. The standard InChI is InChI=1S/C10H18N2OS/c1-2-14(13)8-7-12-9-10(3-4-10)5-6-11/h12H,2-5,7-9H2,1H3. The van der Waals surface area contributed by atoms with Crippen molar-refractivity contribution in [1.82, 2.24) is 5.32 Å². The van der Waals surface area contributed by atoms with E-state index < -0.39 is 10.8 Å². The first-order chi connectivity index (χ1) is 6.72. The molecule has 1 aliphatic carbocycles. The number of nitrogens with zero attached hydrogens (tertiary/aromatic N) is 1. The van der Waals surface area contributed by atoms with Crippen molar-refractivity contribution in [1.29, 1.82) is 5.26 Å². The van der Waals surface area contributed by atoms with Crippen LogP contribution in [-0.2, 0) is 10.8 Å². The van der Waals surface area contributed by atoms with Gasteiger partial charge in [0.15, 0.2) is 0 Å². The van der Waals surface area contributed by atoms with E-state index in [0.29, 0.717) is 6.42 Å². The first-order valence-corrected chi connectivity index (χ1v) is 6.64. The highest BCUT2D eigenvalue weighted by atomic mass is 32.2. The average Bonchev–Trinajstić information content (AvgIpc) is 2.93. The number of nitrogens with one attached hydrogen (secondary N) is 1. The van der Waals surface area contributed by atoms with Crippen LogP contribution in [0.5, 0.6) is 0 Å². The molecule has 1 aliphatic rings. The van der Waals surface area contributed by atoms with Crippen molar-refractivity contribution in [2.75, 3.05) is 24.6 Å². The zero-order chi connectivity index (χ0) is 10.4. The van der Waals surface area contributed by atoms with Gasteiger partial charge < -0.3 is 5.32 Å². The molecular weight excluding hydrogens is 196 g/mol. The van der Waals surface area contributed by atoms with E-state index in [-0.39, 0.29) is 5.41 Å². The molecule has 14 heavy (non-hydrogen) atoms. The van der Waals surface area contributed by atoms with Gasteiger partial charge in [-0.25, -0.2) is 0 Å². The Labute approximate surface area is 88.3 Å². The molecule has 1 fully saturated rings. The first kappa shape index (κ1) is 11.7. The van der Waals surface area contributed by atoms with Gasteiger partial charge in [-0.2, -0.15) is 5.26 Å². The van der Waals surface area contributed by atoms with Crippen molar-refractivity contribution in [2.24, 2.45) is 5.41 Å². The van der Waals surface area contributed by atoms with Crippen molar-refractivity contribution in [3.8, 4) is 6.07 Å². The number of hydrogen-bond donors (Lipinski definition) is 1. The molecule has 0 aromatic heterocycles. The van der Waals surface area contributed by atoms with E-state index in [4.69, 9.17) is 5.26 Å². The third-order valence-corrected chi connectivity index (χ3v) is 4.04. The largest absolute Gasteiger partial charge is 0.315 e. The van der Waals surface area contributed by atoms with Crippen LogP contribution in [0.1, 0.15) is 26.2 Å². The summed E-state index contributed by atoms with van der Waals surface area (Å²) in [7, 11) is -0.666. The van der Waals surface area contributed by atoms with Crippen LogP contribution in [0.25, 0.3) is 0 Å². The quantitative estimate of drug-likeness (QED) is 0.644. The predicted molar refractivity (Wildman–Crippen MR) is 58.3 cm³/mol. The molecule has 1 unspecified atom stereocenters. The van der Waals surface area contributed by atoms with Crippen LogP contribution >= 0.6 is 0 Å². The van der Waals surface area contributed by atoms with Crippen molar-refractivity contribution < 1.29 is 4.21 Å². The van der Waals surface area contributed by atoms with Gasteiger partial charge in [0.2, 0.25) is 0 Å². The first-order valence-electron chi connectivity index (χ1n) is 5.15. The minimum Gasteiger partial charge on any atom is -0.315 e. The van der Waals surface area contributed by atoms with E-state index in [2.05, 4.69) is 11.4 Å². The number of nitriles is 1. The summed E-state index contributed by atoms with van der Waals surface area (Å²) in [6, 6.07) is 2.23.